The van der Waals surface area contributed by atoms with Gasteiger partial charge in [0.05, 0.1) is 6.61 Å². The maximum absolute atomic E-state index is 12.6. The Morgan fingerprint density at radius 1 is 1.07 bits per heavy atom. The third-order valence-electron chi connectivity index (χ3n) is 5.00. The van der Waals surface area contributed by atoms with Gasteiger partial charge in [0.25, 0.3) is 5.91 Å². The Bertz CT molecular complexity index is 786. The molecule has 0 radical (unpaired) electrons. The highest BCUT2D eigenvalue weighted by Crippen LogP contribution is 2.34. The molecule has 4 rings (SSSR count). The van der Waals surface area contributed by atoms with Crippen molar-refractivity contribution in [2.45, 2.75) is 36.9 Å². The fraction of sp³-hybridized carbons (Fsp3) is 0.381. The van der Waals surface area contributed by atoms with E-state index in [1.807, 2.05) is 36.4 Å². The zero-order valence-corrected chi connectivity index (χ0v) is 15.4. The monoisotopic (exact) mass is 385 g/mol. The average Bonchev–Trinajstić information content (AvgIpc) is 2.76. The van der Waals surface area contributed by atoms with Gasteiger partial charge < -0.3 is 29.4 Å². The zero-order valence-electron chi connectivity index (χ0n) is 15.4. The number of aliphatic hydroxyl groups is 1. The van der Waals surface area contributed by atoms with E-state index in [1.54, 1.807) is 24.3 Å². The number of aliphatic hydroxyl groups excluding tert-OH is 1. The number of hydrogen-bond acceptors (Lipinski definition) is 6. The second-order valence-electron chi connectivity index (χ2n) is 6.81. The Hall–Kier alpha value is -2.29. The fourth-order valence-electron chi connectivity index (χ4n) is 3.55. The highest BCUT2D eigenvalue weighted by molar-refractivity contribution is 5.94. The molecule has 2 heterocycles. The van der Waals surface area contributed by atoms with Crippen LogP contribution in [0.2, 0.25) is 0 Å². The number of carbonyl (C=O) groups excluding carboxylic acids is 1. The van der Waals surface area contributed by atoms with E-state index in [4.69, 9.17) is 18.9 Å². The third kappa shape index (κ3) is 3.80. The topological polar surface area (TPSA) is 86.2 Å². The van der Waals surface area contributed by atoms with Crippen LogP contribution in [0, 0.1) is 0 Å². The molecule has 2 N–H and O–H groups in total. The van der Waals surface area contributed by atoms with Crippen LogP contribution in [0.1, 0.15) is 22.2 Å². The van der Waals surface area contributed by atoms with Gasteiger partial charge in [-0.2, -0.15) is 0 Å². The molecule has 28 heavy (non-hydrogen) atoms. The maximum atomic E-state index is 12.6. The minimum Gasteiger partial charge on any atom is -0.388 e. The number of ether oxygens (including phenoxy) is 4. The lowest BCUT2D eigenvalue weighted by Crippen LogP contribution is -2.66. The number of rotatable bonds is 4. The molecule has 0 unspecified atom stereocenters. The number of benzene rings is 2. The van der Waals surface area contributed by atoms with Gasteiger partial charge in [-0.05, 0) is 12.1 Å². The van der Waals surface area contributed by atoms with Crippen molar-refractivity contribution in [3.63, 3.8) is 0 Å². The van der Waals surface area contributed by atoms with E-state index in [0.717, 1.165) is 5.56 Å². The zero-order chi connectivity index (χ0) is 19.5. The lowest BCUT2D eigenvalue weighted by molar-refractivity contribution is -0.340. The summed E-state index contributed by atoms with van der Waals surface area (Å²) in [5, 5.41) is 13.8. The van der Waals surface area contributed by atoms with Crippen LogP contribution in [0.15, 0.2) is 60.7 Å². The molecule has 6 atom stereocenters. The van der Waals surface area contributed by atoms with Crippen LogP contribution < -0.4 is 5.32 Å². The van der Waals surface area contributed by atoms with Crippen molar-refractivity contribution >= 4 is 5.91 Å². The molecular weight excluding hydrogens is 362 g/mol. The maximum Gasteiger partial charge on any atom is 0.251 e. The van der Waals surface area contributed by atoms with Crippen LogP contribution in [0.25, 0.3) is 0 Å². The van der Waals surface area contributed by atoms with Crippen LogP contribution >= 0.6 is 0 Å². The van der Waals surface area contributed by atoms with Crippen LogP contribution in [-0.4, -0.2) is 55.4 Å². The Balaban J connectivity index is 1.50. The van der Waals surface area contributed by atoms with Gasteiger partial charge in [-0.1, -0.05) is 48.5 Å². The third-order valence-corrected chi connectivity index (χ3v) is 5.00. The van der Waals surface area contributed by atoms with Crippen molar-refractivity contribution in [1.82, 2.24) is 5.32 Å². The first kappa shape index (κ1) is 19.0. The average molecular weight is 385 g/mol. The number of carbonyl (C=O) groups is 1. The standard InChI is InChI=1S/C21H23NO6/c1-25-21-16(22-19(24)13-8-4-2-5-9-13)17(23)18-15(27-21)12-26-20(28-18)14-10-6-3-7-11-14/h2-11,15-18,20-21,23H,12H2,1H3,(H,22,24)/t15-,16+,17+,18+,20+,21-/m1/s1. The molecule has 2 aliphatic rings. The Kier molecular flexibility index (Phi) is 5.70. The van der Waals surface area contributed by atoms with Crippen molar-refractivity contribution in [3.05, 3.63) is 71.8 Å². The lowest BCUT2D eigenvalue weighted by atomic mass is 9.95. The molecule has 2 saturated heterocycles. The molecule has 2 aromatic rings. The highest BCUT2D eigenvalue weighted by atomic mass is 16.7. The van der Waals surface area contributed by atoms with Gasteiger partial charge in [0, 0.05) is 18.2 Å². The summed E-state index contributed by atoms with van der Waals surface area (Å²) in [5.41, 5.74) is 1.34. The molecule has 7 heteroatoms. The van der Waals surface area contributed by atoms with Gasteiger partial charge >= 0.3 is 0 Å². The van der Waals surface area contributed by atoms with Crippen molar-refractivity contribution in [3.8, 4) is 0 Å². The van der Waals surface area contributed by atoms with Gasteiger partial charge in [-0.25, -0.2) is 0 Å². The molecule has 1 amide bonds. The van der Waals surface area contributed by atoms with E-state index in [-0.39, 0.29) is 12.5 Å². The van der Waals surface area contributed by atoms with Crippen molar-refractivity contribution < 1.29 is 28.8 Å². The normalized spacial score (nSPS) is 32.4. The molecule has 0 bridgehead atoms. The number of amides is 1. The van der Waals surface area contributed by atoms with E-state index in [9.17, 15) is 9.90 Å². The summed E-state index contributed by atoms with van der Waals surface area (Å²) < 4.78 is 23.0. The summed E-state index contributed by atoms with van der Waals surface area (Å²) in [4.78, 5) is 12.6. The summed E-state index contributed by atoms with van der Waals surface area (Å²) in [6.07, 6.45) is -3.60. The lowest BCUT2D eigenvalue weighted by Gasteiger charge is -2.47. The minimum atomic E-state index is -1.02. The second-order valence-corrected chi connectivity index (χ2v) is 6.81. The van der Waals surface area contributed by atoms with E-state index < -0.39 is 36.9 Å². The van der Waals surface area contributed by atoms with Gasteiger partial charge in [0.15, 0.2) is 12.6 Å². The first-order chi connectivity index (χ1) is 13.7. The predicted molar refractivity (Wildman–Crippen MR) is 99.4 cm³/mol. The number of fused-ring (bicyclic) bond motifs is 1. The smallest absolute Gasteiger partial charge is 0.251 e. The molecule has 2 aliphatic heterocycles. The highest BCUT2D eigenvalue weighted by Gasteiger charge is 2.50. The van der Waals surface area contributed by atoms with Gasteiger partial charge in [0.1, 0.15) is 24.4 Å². The molecule has 0 saturated carbocycles. The summed E-state index contributed by atoms with van der Waals surface area (Å²) >= 11 is 0. The number of methoxy groups -OCH3 is 1. The van der Waals surface area contributed by atoms with E-state index in [1.165, 1.54) is 7.11 Å². The molecule has 7 nitrogen and oxygen atoms in total. The first-order valence-electron chi connectivity index (χ1n) is 9.21. The van der Waals surface area contributed by atoms with Crippen LogP contribution in [0.4, 0.5) is 0 Å². The predicted octanol–water partition coefficient (Wildman–Crippen LogP) is 1.63. The summed E-state index contributed by atoms with van der Waals surface area (Å²) in [6.45, 7) is 0.250. The molecule has 0 aromatic heterocycles. The quantitative estimate of drug-likeness (QED) is 0.832. The molecule has 0 aliphatic carbocycles. The Morgan fingerprint density at radius 2 is 1.75 bits per heavy atom. The Morgan fingerprint density at radius 3 is 2.43 bits per heavy atom. The van der Waals surface area contributed by atoms with Gasteiger partial charge in [-0.15, -0.1) is 0 Å². The van der Waals surface area contributed by atoms with Crippen LogP contribution in [-0.2, 0) is 18.9 Å². The van der Waals surface area contributed by atoms with E-state index in [0.29, 0.717) is 5.56 Å². The molecule has 2 aromatic carbocycles. The summed E-state index contributed by atoms with van der Waals surface area (Å²) in [7, 11) is 1.47. The van der Waals surface area contributed by atoms with E-state index >= 15 is 0 Å². The van der Waals surface area contributed by atoms with Crippen molar-refractivity contribution in [1.29, 1.82) is 0 Å². The largest absolute Gasteiger partial charge is 0.388 e. The summed E-state index contributed by atoms with van der Waals surface area (Å²) in [5.74, 6) is -0.319. The van der Waals surface area contributed by atoms with Crippen molar-refractivity contribution in [2.24, 2.45) is 0 Å². The summed E-state index contributed by atoms with van der Waals surface area (Å²) in [6, 6.07) is 17.5. The molecular formula is C21H23NO6. The fourth-order valence-corrected chi connectivity index (χ4v) is 3.55. The van der Waals surface area contributed by atoms with Crippen molar-refractivity contribution in [2.75, 3.05) is 13.7 Å². The van der Waals surface area contributed by atoms with E-state index in [2.05, 4.69) is 5.32 Å². The SMILES string of the molecule is CO[C@@H]1O[C@@H]2CO[C@H](c3ccccc3)O[C@@H]2[C@@H](O)[C@@H]1NC(=O)c1ccccc1. The first-order valence-corrected chi connectivity index (χ1v) is 9.21. The molecule has 0 spiro atoms. The van der Waals surface area contributed by atoms with Gasteiger partial charge in [-0.3, -0.25) is 4.79 Å². The van der Waals surface area contributed by atoms with Crippen LogP contribution in [0.3, 0.4) is 0 Å². The second kappa shape index (κ2) is 8.38. The Labute approximate surface area is 163 Å². The molecule has 2 fully saturated rings. The number of hydrogen-bond donors (Lipinski definition) is 2. The number of nitrogens with one attached hydrogen (secondary N) is 1. The van der Waals surface area contributed by atoms with Crippen LogP contribution in [0.5, 0.6) is 0 Å². The minimum absolute atomic E-state index is 0.250. The van der Waals surface area contributed by atoms with Gasteiger partial charge in [0.2, 0.25) is 0 Å². The molecule has 148 valence electrons.